The van der Waals surface area contributed by atoms with Gasteiger partial charge in [0.1, 0.15) is 6.17 Å². The van der Waals surface area contributed by atoms with Crippen LogP contribution in [0.25, 0.3) is 0 Å². The van der Waals surface area contributed by atoms with Crippen molar-refractivity contribution >= 4 is 23.0 Å². The van der Waals surface area contributed by atoms with E-state index in [1.54, 1.807) is 23.1 Å². The number of carbonyl (C=O) groups excluding carboxylic acids is 1. The molecule has 1 N–H and O–H groups in total. The quantitative estimate of drug-likeness (QED) is 0.520. The van der Waals surface area contributed by atoms with E-state index < -0.39 is 11.1 Å². The molecule has 1 amide bonds. The van der Waals surface area contributed by atoms with Crippen molar-refractivity contribution in [1.29, 1.82) is 0 Å². The minimum atomic E-state index is -0.547. The number of amides is 1. The van der Waals surface area contributed by atoms with Gasteiger partial charge in [-0.1, -0.05) is 43.3 Å². The van der Waals surface area contributed by atoms with Gasteiger partial charge in [0.25, 0.3) is 11.6 Å². The normalized spacial score (nSPS) is 15.7. The summed E-state index contributed by atoms with van der Waals surface area (Å²) in [7, 11) is 0. The van der Waals surface area contributed by atoms with E-state index >= 15 is 0 Å². The lowest BCUT2D eigenvalue weighted by Gasteiger charge is -2.38. The molecule has 3 aromatic rings. The Balaban J connectivity index is 1.84. The lowest BCUT2D eigenvalue weighted by Crippen LogP contribution is -2.43. The Morgan fingerprint density at radius 2 is 1.79 bits per heavy atom. The predicted molar refractivity (Wildman–Crippen MR) is 109 cm³/mol. The number of hydrogen-bond donors (Lipinski definition) is 1. The summed E-state index contributed by atoms with van der Waals surface area (Å²) in [6.07, 6.45) is 0.360. The monoisotopic (exact) mass is 373 g/mol. The van der Waals surface area contributed by atoms with Crippen LogP contribution in [-0.4, -0.2) is 10.8 Å². The van der Waals surface area contributed by atoms with Crippen LogP contribution in [0.4, 0.5) is 17.1 Å². The summed E-state index contributed by atoms with van der Waals surface area (Å²) in [4.78, 5) is 25.8. The smallest absolute Gasteiger partial charge is 0.269 e. The van der Waals surface area contributed by atoms with Crippen molar-refractivity contribution in [2.24, 2.45) is 0 Å². The van der Waals surface area contributed by atoms with E-state index in [0.29, 0.717) is 16.8 Å². The van der Waals surface area contributed by atoms with Crippen molar-refractivity contribution in [3.05, 3.63) is 99.6 Å². The number of anilines is 2. The zero-order chi connectivity index (χ0) is 19.7. The number of nitro benzene ring substituents is 1. The van der Waals surface area contributed by atoms with E-state index in [1.807, 2.05) is 42.5 Å². The minimum absolute atomic E-state index is 0.00751. The lowest BCUT2D eigenvalue weighted by atomic mass is 10.0. The average Bonchev–Trinajstić information content (AvgIpc) is 2.74. The maximum absolute atomic E-state index is 13.3. The SMILES string of the molecule is CCc1ccc(N2C(=O)c3ccccc3N[C@H]2c2cccc([N+](=O)[O-])c2)cc1. The van der Waals surface area contributed by atoms with Crippen LogP contribution in [0.15, 0.2) is 72.8 Å². The number of aryl methyl sites for hydroxylation is 1. The average molecular weight is 373 g/mol. The molecule has 1 atom stereocenters. The Kier molecular flexibility index (Phi) is 4.53. The molecule has 6 heteroatoms. The van der Waals surface area contributed by atoms with Crippen LogP contribution in [0.5, 0.6) is 0 Å². The van der Waals surface area contributed by atoms with Gasteiger partial charge in [0.15, 0.2) is 0 Å². The lowest BCUT2D eigenvalue weighted by molar-refractivity contribution is -0.384. The highest BCUT2D eigenvalue weighted by Gasteiger charge is 2.34. The molecular formula is C22H19N3O3. The Bertz CT molecular complexity index is 1050. The Hall–Kier alpha value is -3.67. The van der Waals surface area contributed by atoms with Gasteiger partial charge in [0.05, 0.1) is 10.5 Å². The Labute approximate surface area is 162 Å². The van der Waals surface area contributed by atoms with Gasteiger partial charge in [-0.25, -0.2) is 0 Å². The third-order valence-corrected chi connectivity index (χ3v) is 4.95. The van der Waals surface area contributed by atoms with Crippen molar-refractivity contribution in [3.63, 3.8) is 0 Å². The molecule has 1 aliphatic rings. The van der Waals surface area contributed by atoms with Gasteiger partial charge in [-0.15, -0.1) is 0 Å². The standard InChI is InChI=1S/C22H19N3O3/c1-2-15-10-12-17(13-11-15)24-21(16-6-5-7-18(14-16)25(27)28)23-20-9-4-3-8-19(20)22(24)26/h3-14,21,23H,2H2,1H3/t21-/m1/s1. The molecule has 0 saturated carbocycles. The first-order chi connectivity index (χ1) is 13.6. The molecule has 3 aromatic carbocycles. The van der Waals surface area contributed by atoms with E-state index in [9.17, 15) is 14.9 Å². The van der Waals surface area contributed by atoms with Crippen molar-refractivity contribution in [2.45, 2.75) is 19.5 Å². The fraction of sp³-hybridized carbons (Fsp3) is 0.136. The predicted octanol–water partition coefficient (Wildman–Crippen LogP) is 4.93. The zero-order valence-electron chi connectivity index (χ0n) is 15.3. The van der Waals surface area contributed by atoms with E-state index in [-0.39, 0.29) is 11.6 Å². The minimum Gasteiger partial charge on any atom is -0.360 e. The summed E-state index contributed by atoms with van der Waals surface area (Å²) in [5.41, 5.74) is 3.84. The molecule has 1 aliphatic heterocycles. The molecule has 0 saturated heterocycles. The summed E-state index contributed by atoms with van der Waals surface area (Å²) in [5, 5.41) is 14.6. The van der Waals surface area contributed by atoms with Crippen molar-refractivity contribution in [1.82, 2.24) is 0 Å². The van der Waals surface area contributed by atoms with Gasteiger partial charge < -0.3 is 5.32 Å². The number of nitrogens with one attached hydrogen (secondary N) is 1. The maximum atomic E-state index is 13.3. The van der Waals surface area contributed by atoms with Crippen LogP contribution in [0.1, 0.15) is 34.6 Å². The number of nitrogens with zero attached hydrogens (tertiary/aromatic N) is 2. The largest absolute Gasteiger partial charge is 0.360 e. The molecule has 0 aromatic heterocycles. The highest BCUT2D eigenvalue weighted by atomic mass is 16.6. The van der Waals surface area contributed by atoms with Crippen LogP contribution < -0.4 is 10.2 Å². The van der Waals surface area contributed by atoms with Gasteiger partial charge in [-0.2, -0.15) is 0 Å². The summed E-state index contributed by atoms with van der Waals surface area (Å²) < 4.78 is 0. The fourth-order valence-electron chi connectivity index (χ4n) is 3.45. The second-order valence-electron chi connectivity index (χ2n) is 6.64. The van der Waals surface area contributed by atoms with Gasteiger partial charge in [-0.3, -0.25) is 19.8 Å². The summed E-state index contributed by atoms with van der Waals surface area (Å²) >= 11 is 0. The molecule has 0 unspecified atom stereocenters. The topological polar surface area (TPSA) is 75.5 Å². The summed E-state index contributed by atoms with van der Waals surface area (Å²) in [5.74, 6) is -0.143. The van der Waals surface area contributed by atoms with Crippen LogP contribution in [0.2, 0.25) is 0 Å². The number of nitro groups is 1. The summed E-state index contributed by atoms with van der Waals surface area (Å²) in [6.45, 7) is 2.07. The number of hydrogen-bond acceptors (Lipinski definition) is 4. The van der Waals surface area contributed by atoms with E-state index in [0.717, 1.165) is 12.1 Å². The van der Waals surface area contributed by atoms with E-state index in [2.05, 4.69) is 12.2 Å². The molecule has 0 aliphatic carbocycles. The second kappa shape index (κ2) is 7.15. The molecule has 140 valence electrons. The molecule has 28 heavy (non-hydrogen) atoms. The molecule has 6 nitrogen and oxygen atoms in total. The number of rotatable bonds is 4. The first-order valence-corrected chi connectivity index (χ1v) is 9.11. The Morgan fingerprint density at radius 3 is 2.50 bits per heavy atom. The number of non-ortho nitro benzene ring substituents is 1. The molecular weight excluding hydrogens is 354 g/mol. The van der Waals surface area contributed by atoms with Crippen LogP contribution in [0.3, 0.4) is 0 Å². The highest BCUT2D eigenvalue weighted by molar-refractivity contribution is 6.12. The van der Waals surface area contributed by atoms with Crippen molar-refractivity contribution in [2.75, 3.05) is 10.2 Å². The van der Waals surface area contributed by atoms with Gasteiger partial charge in [-0.05, 0) is 36.2 Å². The molecule has 0 spiro atoms. The van der Waals surface area contributed by atoms with Crippen LogP contribution in [-0.2, 0) is 6.42 Å². The third kappa shape index (κ3) is 3.09. The Morgan fingerprint density at radius 1 is 1.04 bits per heavy atom. The number of para-hydroxylation sites is 1. The van der Waals surface area contributed by atoms with Crippen molar-refractivity contribution in [3.8, 4) is 0 Å². The van der Waals surface area contributed by atoms with Crippen LogP contribution >= 0.6 is 0 Å². The maximum Gasteiger partial charge on any atom is 0.269 e. The van der Waals surface area contributed by atoms with Crippen LogP contribution in [0, 0.1) is 10.1 Å². The molecule has 4 rings (SSSR count). The second-order valence-corrected chi connectivity index (χ2v) is 6.64. The summed E-state index contributed by atoms with van der Waals surface area (Å²) in [6, 6.07) is 21.5. The third-order valence-electron chi connectivity index (χ3n) is 4.95. The highest BCUT2D eigenvalue weighted by Crippen LogP contribution is 2.37. The fourth-order valence-corrected chi connectivity index (χ4v) is 3.45. The first-order valence-electron chi connectivity index (χ1n) is 9.11. The zero-order valence-corrected chi connectivity index (χ0v) is 15.3. The van der Waals surface area contributed by atoms with Gasteiger partial charge >= 0.3 is 0 Å². The molecule has 0 bridgehead atoms. The number of benzene rings is 3. The van der Waals surface area contributed by atoms with E-state index in [4.69, 9.17) is 0 Å². The molecule has 1 heterocycles. The molecule has 0 fully saturated rings. The van der Waals surface area contributed by atoms with E-state index in [1.165, 1.54) is 17.7 Å². The first kappa shape index (κ1) is 17.7. The van der Waals surface area contributed by atoms with Gasteiger partial charge in [0.2, 0.25) is 0 Å². The van der Waals surface area contributed by atoms with Gasteiger partial charge in [0, 0.05) is 29.1 Å². The number of fused-ring (bicyclic) bond motifs is 1. The number of carbonyl (C=O) groups is 1. The van der Waals surface area contributed by atoms with Crippen molar-refractivity contribution < 1.29 is 9.72 Å². The molecule has 0 radical (unpaired) electrons.